The molecule has 3 nitrogen and oxygen atoms in total. The average Bonchev–Trinajstić information content (AvgIpc) is 4.00. The van der Waals surface area contributed by atoms with Crippen molar-refractivity contribution in [3.8, 4) is 22.3 Å². The van der Waals surface area contributed by atoms with E-state index >= 15 is 0 Å². The first-order valence-electron chi connectivity index (χ1n) is 20.6. The van der Waals surface area contributed by atoms with E-state index in [9.17, 15) is 0 Å². The van der Waals surface area contributed by atoms with Crippen LogP contribution >= 0.6 is 11.8 Å². The van der Waals surface area contributed by atoms with E-state index in [1.54, 1.807) is 0 Å². The molecule has 1 aliphatic carbocycles. The summed E-state index contributed by atoms with van der Waals surface area (Å²) in [4.78, 5) is 3.74. The van der Waals surface area contributed by atoms with Crippen molar-refractivity contribution in [1.82, 2.24) is 0 Å². The number of thioether (sulfide) groups is 1. The molecule has 3 heterocycles. The van der Waals surface area contributed by atoms with Crippen molar-refractivity contribution in [3.63, 3.8) is 0 Å². The number of benzene rings is 9. The number of hydrogen-bond acceptors (Lipinski definition) is 4. The fraction of sp³-hybridized carbons (Fsp3) is 0.0357. The molecule has 0 spiro atoms. The minimum absolute atomic E-state index is 0.412. The van der Waals surface area contributed by atoms with Crippen LogP contribution in [0.15, 0.2) is 214 Å². The van der Waals surface area contributed by atoms with Crippen molar-refractivity contribution in [3.05, 3.63) is 206 Å². The highest BCUT2D eigenvalue weighted by Gasteiger charge is 2.32. The summed E-state index contributed by atoms with van der Waals surface area (Å²) in [6.07, 6.45) is 9.05. The summed E-state index contributed by atoms with van der Waals surface area (Å²) < 4.78 is 13.0. The molecule has 4 heteroatoms. The van der Waals surface area contributed by atoms with E-state index in [2.05, 4.69) is 193 Å². The topological polar surface area (TPSA) is 29.5 Å². The molecule has 0 radical (unpaired) electrons. The van der Waals surface area contributed by atoms with Gasteiger partial charge in [0, 0.05) is 49.3 Å². The molecule has 9 aromatic carbocycles. The molecule has 2 atom stereocenters. The lowest BCUT2D eigenvalue weighted by atomic mass is 9.92. The molecule has 2 aliphatic rings. The third kappa shape index (κ3) is 5.11. The average molecular weight is 786 g/mol. The van der Waals surface area contributed by atoms with Crippen LogP contribution in [-0.4, -0.2) is 5.25 Å². The number of rotatable bonds is 5. The van der Waals surface area contributed by atoms with E-state index in [1.165, 1.54) is 43.1 Å². The first kappa shape index (κ1) is 33.7. The van der Waals surface area contributed by atoms with Gasteiger partial charge in [0.2, 0.25) is 0 Å². The van der Waals surface area contributed by atoms with Crippen LogP contribution in [0, 0.1) is 0 Å². The Morgan fingerprint density at radius 3 is 1.93 bits per heavy atom. The Balaban J connectivity index is 0.941. The molecule has 0 N–H and O–H groups in total. The molecule has 2 aromatic heterocycles. The number of allylic oxidation sites excluding steroid dienone is 3. The third-order valence-electron chi connectivity index (χ3n) is 12.6. The molecule has 13 rings (SSSR count). The van der Waals surface area contributed by atoms with Gasteiger partial charge >= 0.3 is 0 Å². The Labute approximate surface area is 350 Å². The highest BCUT2D eigenvalue weighted by atomic mass is 32.2. The molecule has 282 valence electrons. The largest absolute Gasteiger partial charge is 0.456 e. The van der Waals surface area contributed by atoms with Crippen LogP contribution in [0.25, 0.3) is 87.7 Å². The minimum atomic E-state index is 0.412. The van der Waals surface area contributed by atoms with Crippen molar-refractivity contribution >= 4 is 94.2 Å². The summed E-state index contributed by atoms with van der Waals surface area (Å²) in [5.41, 5.74) is 12.8. The summed E-state index contributed by atoms with van der Waals surface area (Å²) in [7, 11) is 0. The quantitative estimate of drug-likeness (QED) is 0.163. The fourth-order valence-corrected chi connectivity index (χ4v) is 11.2. The molecule has 11 aromatic rings. The number of furan rings is 2. The second-order valence-corrected chi connectivity index (χ2v) is 17.1. The lowest BCUT2D eigenvalue weighted by Crippen LogP contribution is -2.10. The zero-order chi connectivity index (χ0) is 39.3. The number of fused-ring (bicyclic) bond motifs is 13. The molecule has 2 unspecified atom stereocenters. The summed E-state index contributed by atoms with van der Waals surface area (Å²) in [6, 6.07) is 63.7. The molecule has 60 heavy (non-hydrogen) atoms. The van der Waals surface area contributed by atoms with Crippen LogP contribution in [0.2, 0.25) is 0 Å². The van der Waals surface area contributed by atoms with E-state index < -0.39 is 0 Å². The number of anilines is 3. The summed E-state index contributed by atoms with van der Waals surface area (Å²) >= 11 is 1.97. The Kier molecular flexibility index (Phi) is 7.36. The SMILES string of the molecule is C1=CC2Sc3cc(N(c4ccc(-c5cc6ccccc6c6ccccc56)cc4)c4ccc(-c5cccc6oc7ccc8c9ccccc9oc8c7c56)cc4)ccc3C2C=C1. The van der Waals surface area contributed by atoms with Crippen LogP contribution in [0.5, 0.6) is 0 Å². The van der Waals surface area contributed by atoms with Crippen LogP contribution < -0.4 is 4.90 Å². The molecule has 1 aliphatic heterocycles. The van der Waals surface area contributed by atoms with E-state index in [4.69, 9.17) is 8.83 Å². The van der Waals surface area contributed by atoms with E-state index in [-0.39, 0.29) is 0 Å². The second kappa shape index (κ2) is 13.1. The molecular weight excluding hydrogens is 751 g/mol. The molecule has 0 amide bonds. The van der Waals surface area contributed by atoms with Crippen molar-refractivity contribution in [2.45, 2.75) is 16.1 Å². The predicted octanol–water partition coefficient (Wildman–Crippen LogP) is 16.3. The first-order chi connectivity index (χ1) is 29.7. The smallest absolute Gasteiger partial charge is 0.147 e. The zero-order valence-corrected chi connectivity index (χ0v) is 33.2. The van der Waals surface area contributed by atoms with Gasteiger partial charge in [-0.1, -0.05) is 133 Å². The molecule has 0 saturated heterocycles. The Hall–Kier alpha value is -7.27. The van der Waals surface area contributed by atoms with Crippen molar-refractivity contribution in [2.24, 2.45) is 0 Å². The monoisotopic (exact) mass is 785 g/mol. The standard InChI is InChI=1S/C56H35NO2S/c1-2-11-40-36(10-1)32-48(43-13-4-3-12-42(40)43)35-22-26-38(27-23-35)57(39-28-29-46-45-15-6-8-19-52(45)60-53(46)33-39)37-24-20-34(21-25-37)41-16-9-18-50-54(41)55-51(58-50)31-30-47-44-14-5-7-17-49(44)59-56(47)55/h1-33,45,52H. The van der Waals surface area contributed by atoms with Gasteiger partial charge in [0.05, 0.1) is 5.39 Å². The first-order valence-corrected chi connectivity index (χ1v) is 21.4. The highest BCUT2D eigenvalue weighted by Crippen LogP contribution is 2.51. The summed E-state index contributed by atoms with van der Waals surface area (Å²) in [5.74, 6) is 0.412. The Morgan fingerprint density at radius 1 is 0.433 bits per heavy atom. The highest BCUT2D eigenvalue weighted by molar-refractivity contribution is 8.00. The number of nitrogens with zero attached hydrogens (tertiary/aromatic N) is 1. The van der Waals surface area contributed by atoms with Crippen LogP contribution in [0.3, 0.4) is 0 Å². The van der Waals surface area contributed by atoms with Gasteiger partial charge in [-0.25, -0.2) is 0 Å². The predicted molar refractivity (Wildman–Crippen MR) is 252 cm³/mol. The van der Waals surface area contributed by atoms with E-state index in [1.807, 2.05) is 23.9 Å². The summed E-state index contributed by atoms with van der Waals surface area (Å²) in [6.45, 7) is 0. The fourth-order valence-electron chi connectivity index (χ4n) is 9.81. The van der Waals surface area contributed by atoms with Gasteiger partial charge in [0.25, 0.3) is 0 Å². The maximum Gasteiger partial charge on any atom is 0.147 e. The lowest BCUT2D eigenvalue weighted by Gasteiger charge is -2.26. The van der Waals surface area contributed by atoms with Crippen LogP contribution in [0.1, 0.15) is 11.5 Å². The number of hydrogen-bond donors (Lipinski definition) is 0. The van der Waals surface area contributed by atoms with Crippen LogP contribution in [0.4, 0.5) is 17.1 Å². The molecule has 0 fully saturated rings. The van der Waals surface area contributed by atoms with Gasteiger partial charge in [-0.3, -0.25) is 0 Å². The molecule has 0 bridgehead atoms. The van der Waals surface area contributed by atoms with Gasteiger partial charge in [-0.15, -0.1) is 11.8 Å². The van der Waals surface area contributed by atoms with Gasteiger partial charge in [-0.2, -0.15) is 0 Å². The van der Waals surface area contributed by atoms with Crippen molar-refractivity contribution < 1.29 is 8.83 Å². The maximum absolute atomic E-state index is 6.53. The lowest BCUT2D eigenvalue weighted by molar-refractivity contribution is 0.663. The van der Waals surface area contributed by atoms with Gasteiger partial charge in [-0.05, 0) is 116 Å². The minimum Gasteiger partial charge on any atom is -0.456 e. The van der Waals surface area contributed by atoms with E-state index in [0.717, 1.165) is 72.1 Å². The van der Waals surface area contributed by atoms with E-state index in [0.29, 0.717) is 11.2 Å². The molecular formula is C56H35NO2S. The summed E-state index contributed by atoms with van der Waals surface area (Å²) in [5, 5.41) is 9.80. The zero-order valence-electron chi connectivity index (χ0n) is 32.4. The Morgan fingerprint density at radius 2 is 1.10 bits per heavy atom. The maximum atomic E-state index is 6.53. The Bertz CT molecular complexity index is 3590. The normalized spacial score (nSPS) is 15.8. The van der Waals surface area contributed by atoms with Gasteiger partial charge < -0.3 is 13.7 Å². The van der Waals surface area contributed by atoms with Gasteiger partial charge in [0.1, 0.15) is 22.3 Å². The van der Waals surface area contributed by atoms with Crippen molar-refractivity contribution in [1.29, 1.82) is 0 Å². The van der Waals surface area contributed by atoms with Gasteiger partial charge in [0.15, 0.2) is 0 Å². The van der Waals surface area contributed by atoms with Crippen molar-refractivity contribution in [2.75, 3.05) is 4.90 Å². The third-order valence-corrected chi connectivity index (χ3v) is 13.9. The second-order valence-electron chi connectivity index (χ2n) is 15.9. The van der Waals surface area contributed by atoms with Crippen LogP contribution in [-0.2, 0) is 0 Å². The molecule has 0 saturated carbocycles. The number of para-hydroxylation sites is 1.